The lowest BCUT2D eigenvalue weighted by Crippen LogP contribution is -2.62. The number of fused-ring (bicyclic) bond motifs is 6. The molecule has 5 atom stereocenters. The molecule has 368 valence electrons. The Labute approximate surface area is 407 Å². The predicted molar refractivity (Wildman–Crippen MR) is 261 cm³/mol. The van der Waals surface area contributed by atoms with Gasteiger partial charge in [0.05, 0.1) is 46.9 Å². The first-order valence-electron chi connectivity index (χ1n) is 23.9. The number of likely N-dealkylation sites (tertiary alicyclic amines) is 2. The van der Waals surface area contributed by atoms with Crippen LogP contribution >= 0.6 is 11.3 Å². The zero-order valence-electron chi connectivity index (χ0n) is 41.2. The number of methoxy groups -OCH3 is 1. The van der Waals surface area contributed by atoms with E-state index in [0.29, 0.717) is 30.0 Å². The third-order valence-corrected chi connectivity index (χ3v) is 15.2. The van der Waals surface area contributed by atoms with Gasteiger partial charge in [-0.1, -0.05) is 25.8 Å². The van der Waals surface area contributed by atoms with Crippen LogP contribution < -0.4 is 10.7 Å². The van der Waals surface area contributed by atoms with Crippen molar-refractivity contribution in [3.05, 3.63) is 58.2 Å². The molecule has 3 aromatic heterocycles. The molecule has 0 radical (unpaired) electrons. The highest BCUT2D eigenvalue weighted by Crippen LogP contribution is 2.41. The molecule has 0 aliphatic carbocycles. The highest BCUT2D eigenvalue weighted by Gasteiger charge is 2.47. The van der Waals surface area contributed by atoms with Gasteiger partial charge in [-0.15, -0.1) is 11.3 Å². The fraction of sp³-hybridized carbons (Fsp3) is 0.549. The summed E-state index contributed by atoms with van der Waals surface area (Å²) in [5.74, 6) is 2.95. The van der Waals surface area contributed by atoms with Gasteiger partial charge in [-0.05, 0) is 89.1 Å². The maximum atomic E-state index is 14.5. The molecule has 4 aliphatic heterocycles. The van der Waals surface area contributed by atoms with E-state index >= 15 is 0 Å². The third-order valence-electron chi connectivity index (χ3n) is 14.3. The van der Waals surface area contributed by atoms with Gasteiger partial charge in [-0.25, -0.2) is 10.4 Å². The highest BCUT2D eigenvalue weighted by molar-refractivity contribution is 7.10. The molecule has 3 saturated heterocycles. The van der Waals surface area contributed by atoms with Crippen molar-refractivity contribution in [2.75, 3.05) is 53.5 Å². The molecule has 4 aromatic rings. The number of pyridine rings is 1. The molecular formula is C51H65N9O8S. The van der Waals surface area contributed by atoms with Gasteiger partial charge in [0.2, 0.25) is 5.91 Å². The summed E-state index contributed by atoms with van der Waals surface area (Å²) in [5.41, 5.74) is 6.51. The van der Waals surface area contributed by atoms with Crippen molar-refractivity contribution in [2.24, 2.45) is 12.5 Å². The number of cyclic esters (lactones) is 1. The second kappa shape index (κ2) is 19.6. The predicted octanol–water partition coefficient (Wildman–Crippen LogP) is 4.02. The number of carbonyl (C=O) groups excluding carboxylic acids is 5. The average molecular weight is 964 g/mol. The molecule has 1 aromatic carbocycles. The number of hydrazine groups is 1. The first-order chi connectivity index (χ1) is 32.7. The fourth-order valence-electron chi connectivity index (χ4n) is 9.72. The lowest BCUT2D eigenvalue weighted by Gasteiger charge is -2.41. The maximum absolute atomic E-state index is 14.5. The summed E-state index contributed by atoms with van der Waals surface area (Å²) in [4.78, 5) is 84.1. The van der Waals surface area contributed by atoms with Crippen molar-refractivity contribution in [3.63, 3.8) is 0 Å². The zero-order chi connectivity index (χ0) is 49.6. The quantitative estimate of drug-likeness (QED) is 0.170. The van der Waals surface area contributed by atoms with Gasteiger partial charge in [0.25, 0.3) is 17.7 Å². The molecule has 18 heteroatoms. The third kappa shape index (κ3) is 10.2. The van der Waals surface area contributed by atoms with Crippen LogP contribution in [0.25, 0.3) is 33.4 Å². The molecular weight excluding hydrogens is 899 g/mol. The lowest BCUT2D eigenvalue weighted by atomic mass is 9.84. The highest BCUT2D eigenvalue weighted by atomic mass is 32.1. The summed E-state index contributed by atoms with van der Waals surface area (Å²) in [6.45, 7) is 13.6. The topological polar surface area (TPSA) is 192 Å². The van der Waals surface area contributed by atoms with Crippen LogP contribution in [0.4, 0.5) is 0 Å². The van der Waals surface area contributed by atoms with Crippen LogP contribution in [0.2, 0.25) is 0 Å². The number of likely N-dealkylation sites (N-methyl/N-ethyl adjacent to an activating group) is 1. The molecule has 4 amide bonds. The fourth-order valence-corrected chi connectivity index (χ4v) is 10.6. The summed E-state index contributed by atoms with van der Waals surface area (Å²) in [5, 5.41) is 19.4. The van der Waals surface area contributed by atoms with Crippen LogP contribution in [0.15, 0.2) is 41.9 Å². The molecule has 3 N–H and O–H groups in total. The molecule has 3 fully saturated rings. The number of hydrogen-bond acceptors (Lipinski definition) is 13. The molecule has 6 bridgehead atoms. The van der Waals surface area contributed by atoms with E-state index in [4.69, 9.17) is 19.4 Å². The number of β-amino-alcohol motifs (C(OH)–C–C–N with tert-alkyl or cyclic N) is 1. The van der Waals surface area contributed by atoms with Crippen LogP contribution in [0, 0.1) is 17.3 Å². The van der Waals surface area contributed by atoms with Crippen molar-refractivity contribution >= 4 is 51.8 Å². The number of benzene rings is 1. The van der Waals surface area contributed by atoms with Gasteiger partial charge >= 0.3 is 5.97 Å². The van der Waals surface area contributed by atoms with E-state index in [9.17, 15) is 29.1 Å². The maximum Gasteiger partial charge on any atom is 0.324 e. The first-order valence-corrected chi connectivity index (χ1v) is 24.7. The van der Waals surface area contributed by atoms with Crippen LogP contribution in [0.5, 0.6) is 0 Å². The van der Waals surface area contributed by atoms with Crippen molar-refractivity contribution in [2.45, 2.75) is 115 Å². The summed E-state index contributed by atoms with van der Waals surface area (Å²) in [7, 11) is 5.13. The van der Waals surface area contributed by atoms with E-state index in [1.54, 1.807) is 13.3 Å². The standard InChI is InChI=1S/C51H65N9O8S/c1-31(56(7)48(65)51(66)19-24-58(29-51)42(61)17-18-50(5,6)59-21-12-22-59)45(62)54-38-26-41-53-39(28-69-41)33-15-16-40-35(25-33)36(44(57(40)8)34-13-10-20-52-43(34)32(2)67-9)27-49(3,4)30-68-47(64)37-14-11-23-60(55-37)46(38)63/h10,13,15-16,20,25,28,31-32,37-38,55,66H,11-12,14,19,21-24,26-27,29-30H2,1-9H3,(H,54,62)/t31-,32-,37-,38-,51?/m0/s1. The minimum atomic E-state index is -1.94. The van der Waals surface area contributed by atoms with Crippen molar-refractivity contribution in [1.29, 1.82) is 0 Å². The summed E-state index contributed by atoms with van der Waals surface area (Å²) < 4.78 is 14.0. The molecule has 17 nitrogen and oxygen atoms in total. The number of nitrogens with one attached hydrogen (secondary N) is 2. The Balaban J connectivity index is 1.07. The number of nitrogens with zero attached hydrogens (tertiary/aromatic N) is 7. The minimum Gasteiger partial charge on any atom is -0.464 e. The van der Waals surface area contributed by atoms with E-state index in [1.807, 2.05) is 45.3 Å². The van der Waals surface area contributed by atoms with E-state index in [2.05, 4.69) is 64.1 Å². The Morgan fingerprint density at radius 3 is 2.61 bits per heavy atom. The van der Waals surface area contributed by atoms with E-state index in [-0.39, 0.29) is 45.2 Å². The number of carbonyl (C=O) groups is 5. The smallest absolute Gasteiger partial charge is 0.324 e. The number of aliphatic hydroxyl groups is 1. The summed E-state index contributed by atoms with van der Waals surface area (Å²) in [6, 6.07) is 7.11. The monoisotopic (exact) mass is 963 g/mol. The van der Waals surface area contributed by atoms with Crippen LogP contribution in [-0.4, -0.2) is 152 Å². The Morgan fingerprint density at radius 1 is 1.12 bits per heavy atom. The number of hydrogen-bond donors (Lipinski definition) is 3. The zero-order valence-corrected chi connectivity index (χ0v) is 42.0. The Hall–Kier alpha value is -5.71. The Morgan fingerprint density at radius 2 is 1.88 bits per heavy atom. The normalized spacial score (nSPS) is 23.0. The van der Waals surface area contributed by atoms with Gasteiger partial charge in [0.1, 0.15) is 18.1 Å². The number of amides is 4. The van der Waals surface area contributed by atoms with Crippen LogP contribution in [0.1, 0.15) is 89.6 Å². The number of rotatable bonds is 8. The van der Waals surface area contributed by atoms with Crippen molar-refractivity contribution < 1.29 is 38.6 Å². The summed E-state index contributed by atoms with van der Waals surface area (Å²) in [6.07, 6.45) is 4.07. The second-order valence-electron chi connectivity index (χ2n) is 20.3. The number of ether oxygens (including phenoxy) is 2. The average Bonchev–Trinajstić information content (AvgIpc) is 4.03. The number of thiazole rings is 1. The lowest BCUT2D eigenvalue weighted by molar-refractivity contribution is -0.155. The van der Waals surface area contributed by atoms with Gasteiger partial charge in [-0.2, -0.15) is 0 Å². The van der Waals surface area contributed by atoms with E-state index in [0.717, 1.165) is 63.4 Å². The number of aryl methyl sites for hydroxylation is 1. The first kappa shape index (κ1) is 49.7. The molecule has 7 heterocycles. The molecule has 4 aliphatic rings. The molecule has 0 spiro atoms. The van der Waals surface area contributed by atoms with Crippen LogP contribution in [0.3, 0.4) is 0 Å². The summed E-state index contributed by atoms with van der Waals surface area (Å²) >= 11 is 1.36. The molecule has 69 heavy (non-hydrogen) atoms. The second-order valence-corrected chi connectivity index (χ2v) is 21.3. The SMILES string of the molecule is CO[C@@H](C)c1ncccc1-c1c2c3cc(ccc3n1C)-c1csc(n1)C[C@H](NC(=O)[C@H](C)N(C)C(=O)C1(O)CCN(C(=O)C#CC(C)(C)N3CCC3)C1)C(=O)N1CCC[C@H](N1)C(=O)OCC(C)(C)C2. The Kier molecular flexibility index (Phi) is 14.1. The number of aromatic nitrogens is 3. The van der Waals surface area contributed by atoms with E-state index < -0.39 is 64.3 Å². The number of esters is 1. The largest absolute Gasteiger partial charge is 0.464 e. The van der Waals surface area contributed by atoms with Gasteiger partial charge in [-0.3, -0.25) is 38.9 Å². The van der Waals surface area contributed by atoms with Gasteiger partial charge < -0.3 is 34.3 Å². The van der Waals surface area contributed by atoms with E-state index in [1.165, 1.54) is 35.2 Å². The molecule has 8 rings (SSSR count). The Bertz CT molecular complexity index is 2720. The van der Waals surface area contributed by atoms with Gasteiger partial charge in [0, 0.05) is 99.2 Å². The van der Waals surface area contributed by atoms with Gasteiger partial charge in [0.15, 0.2) is 5.60 Å². The van der Waals surface area contributed by atoms with Crippen molar-refractivity contribution in [3.8, 4) is 34.4 Å². The minimum absolute atomic E-state index is 0.0160. The molecule has 1 unspecified atom stereocenters. The van der Waals surface area contributed by atoms with Crippen LogP contribution in [-0.2, 0) is 53.3 Å². The van der Waals surface area contributed by atoms with Crippen molar-refractivity contribution in [1.82, 2.24) is 45.0 Å². The molecule has 0 saturated carbocycles.